The lowest BCUT2D eigenvalue weighted by molar-refractivity contribution is 0.0382. The zero-order valence-electron chi connectivity index (χ0n) is 11.3. The Morgan fingerprint density at radius 3 is 2.68 bits per heavy atom. The molecule has 1 aromatic rings. The standard InChI is InChI=1S/C14H19FO4/c1-11-4-5-12(13(15)10-11)14(16)19-7-3-6-18-9-8-17-2/h4-5,10H,3,6-9H2,1-2H3. The van der Waals surface area contributed by atoms with Crippen molar-refractivity contribution >= 4 is 5.97 Å². The molecule has 0 N–H and O–H groups in total. The topological polar surface area (TPSA) is 44.8 Å². The highest BCUT2D eigenvalue weighted by atomic mass is 19.1. The van der Waals surface area contributed by atoms with Gasteiger partial charge in [-0.25, -0.2) is 9.18 Å². The van der Waals surface area contributed by atoms with E-state index in [4.69, 9.17) is 14.2 Å². The summed E-state index contributed by atoms with van der Waals surface area (Å²) in [5, 5.41) is 0. The van der Waals surface area contributed by atoms with Crippen LogP contribution in [-0.2, 0) is 14.2 Å². The lowest BCUT2D eigenvalue weighted by atomic mass is 10.1. The number of benzene rings is 1. The van der Waals surface area contributed by atoms with E-state index in [1.807, 2.05) is 0 Å². The molecule has 0 saturated carbocycles. The first-order chi connectivity index (χ1) is 9.15. The molecule has 1 aromatic carbocycles. The van der Waals surface area contributed by atoms with Crippen molar-refractivity contribution in [1.29, 1.82) is 0 Å². The van der Waals surface area contributed by atoms with Crippen molar-refractivity contribution in [2.75, 3.05) is 33.5 Å². The molecule has 0 fully saturated rings. The minimum atomic E-state index is -0.644. The summed E-state index contributed by atoms with van der Waals surface area (Å²) in [4.78, 5) is 11.6. The average Bonchev–Trinajstić information content (AvgIpc) is 2.37. The van der Waals surface area contributed by atoms with Crippen LogP contribution < -0.4 is 0 Å². The van der Waals surface area contributed by atoms with Crippen molar-refractivity contribution in [1.82, 2.24) is 0 Å². The van der Waals surface area contributed by atoms with Gasteiger partial charge in [-0.05, 0) is 24.6 Å². The highest BCUT2D eigenvalue weighted by Crippen LogP contribution is 2.11. The number of rotatable bonds is 8. The summed E-state index contributed by atoms with van der Waals surface area (Å²) < 4.78 is 28.5. The van der Waals surface area contributed by atoms with E-state index in [0.29, 0.717) is 26.2 Å². The second kappa shape index (κ2) is 8.61. The summed E-state index contributed by atoms with van der Waals surface area (Å²) >= 11 is 0. The van der Waals surface area contributed by atoms with Crippen molar-refractivity contribution in [2.45, 2.75) is 13.3 Å². The predicted molar refractivity (Wildman–Crippen MR) is 68.7 cm³/mol. The van der Waals surface area contributed by atoms with Crippen molar-refractivity contribution in [3.8, 4) is 0 Å². The van der Waals surface area contributed by atoms with Gasteiger partial charge in [0.1, 0.15) is 5.82 Å². The number of ether oxygens (including phenoxy) is 3. The summed E-state index contributed by atoms with van der Waals surface area (Å²) in [7, 11) is 1.60. The van der Waals surface area contributed by atoms with Gasteiger partial charge in [0.25, 0.3) is 0 Å². The first-order valence-electron chi connectivity index (χ1n) is 6.15. The molecule has 1 rings (SSSR count). The fourth-order valence-corrected chi connectivity index (χ4v) is 1.43. The quantitative estimate of drug-likeness (QED) is 0.537. The van der Waals surface area contributed by atoms with Gasteiger partial charge < -0.3 is 14.2 Å². The van der Waals surface area contributed by atoms with Crippen LogP contribution in [0.1, 0.15) is 22.3 Å². The Labute approximate surface area is 112 Å². The number of esters is 1. The normalized spacial score (nSPS) is 10.5. The van der Waals surface area contributed by atoms with Gasteiger partial charge in [0.05, 0.1) is 25.4 Å². The summed E-state index contributed by atoms with van der Waals surface area (Å²) in [5.74, 6) is -1.20. The third-order valence-corrected chi connectivity index (χ3v) is 2.44. The number of aryl methyl sites for hydroxylation is 1. The Bertz CT molecular complexity index is 406. The third kappa shape index (κ3) is 5.81. The molecule has 0 unspecified atom stereocenters. The Kier molecular flexibility index (Phi) is 7.07. The maximum absolute atomic E-state index is 13.5. The van der Waals surface area contributed by atoms with E-state index in [-0.39, 0.29) is 12.2 Å². The predicted octanol–water partition coefficient (Wildman–Crippen LogP) is 2.34. The average molecular weight is 270 g/mol. The Morgan fingerprint density at radius 2 is 2.00 bits per heavy atom. The second-order valence-electron chi connectivity index (χ2n) is 4.08. The summed E-state index contributed by atoms with van der Waals surface area (Å²) in [6, 6.07) is 4.42. The molecule has 19 heavy (non-hydrogen) atoms. The van der Waals surface area contributed by atoms with Gasteiger partial charge >= 0.3 is 5.97 Å². The fourth-order valence-electron chi connectivity index (χ4n) is 1.43. The molecule has 0 aromatic heterocycles. The Balaban J connectivity index is 2.24. The molecule has 0 aliphatic rings. The van der Waals surface area contributed by atoms with Gasteiger partial charge in [-0.3, -0.25) is 0 Å². The molecule has 0 bridgehead atoms. The monoisotopic (exact) mass is 270 g/mol. The highest BCUT2D eigenvalue weighted by molar-refractivity contribution is 5.89. The van der Waals surface area contributed by atoms with Crippen molar-refractivity contribution in [3.05, 3.63) is 35.1 Å². The molecule has 0 spiro atoms. The van der Waals surface area contributed by atoms with E-state index in [9.17, 15) is 9.18 Å². The first kappa shape index (κ1) is 15.6. The zero-order chi connectivity index (χ0) is 14.1. The van der Waals surface area contributed by atoms with Gasteiger partial charge in [0, 0.05) is 20.1 Å². The maximum Gasteiger partial charge on any atom is 0.341 e. The van der Waals surface area contributed by atoms with E-state index < -0.39 is 11.8 Å². The minimum absolute atomic E-state index is 0.0362. The molecule has 0 heterocycles. The van der Waals surface area contributed by atoms with Crippen LogP contribution in [0.3, 0.4) is 0 Å². The smallest absolute Gasteiger partial charge is 0.341 e. The first-order valence-corrected chi connectivity index (χ1v) is 6.15. The zero-order valence-corrected chi connectivity index (χ0v) is 11.3. The van der Waals surface area contributed by atoms with Crippen LogP contribution >= 0.6 is 0 Å². The second-order valence-corrected chi connectivity index (χ2v) is 4.08. The minimum Gasteiger partial charge on any atom is -0.462 e. The van der Waals surface area contributed by atoms with Crippen LogP contribution in [0.2, 0.25) is 0 Å². The van der Waals surface area contributed by atoms with E-state index in [0.717, 1.165) is 5.56 Å². The van der Waals surface area contributed by atoms with Gasteiger partial charge in [-0.15, -0.1) is 0 Å². The summed E-state index contributed by atoms with van der Waals surface area (Å²) in [6.07, 6.45) is 0.572. The molecule has 0 radical (unpaired) electrons. The van der Waals surface area contributed by atoms with Gasteiger partial charge in [0.15, 0.2) is 0 Å². The molecule has 106 valence electrons. The van der Waals surface area contributed by atoms with Crippen LogP contribution in [0.25, 0.3) is 0 Å². The van der Waals surface area contributed by atoms with Crippen LogP contribution in [0, 0.1) is 12.7 Å². The van der Waals surface area contributed by atoms with Crippen molar-refractivity contribution in [3.63, 3.8) is 0 Å². The van der Waals surface area contributed by atoms with Crippen LogP contribution in [0.5, 0.6) is 0 Å². The molecule has 0 aliphatic heterocycles. The van der Waals surface area contributed by atoms with Crippen LogP contribution in [0.4, 0.5) is 4.39 Å². The summed E-state index contributed by atoms with van der Waals surface area (Å²) in [6.45, 7) is 3.49. The van der Waals surface area contributed by atoms with Crippen LogP contribution in [0.15, 0.2) is 18.2 Å². The number of carbonyl (C=O) groups is 1. The summed E-state index contributed by atoms with van der Waals surface area (Å²) in [5.41, 5.74) is 0.728. The number of methoxy groups -OCH3 is 1. The number of halogens is 1. The third-order valence-electron chi connectivity index (χ3n) is 2.44. The van der Waals surface area contributed by atoms with Crippen LogP contribution in [-0.4, -0.2) is 39.5 Å². The lowest BCUT2D eigenvalue weighted by Gasteiger charge is -2.06. The van der Waals surface area contributed by atoms with Gasteiger partial charge in [-0.1, -0.05) is 6.07 Å². The van der Waals surface area contributed by atoms with E-state index in [2.05, 4.69) is 0 Å². The largest absolute Gasteiger partial charge is 0.462 e. The number of carbonyl (C=O) groups excluding carboxylic acids is 1. The SMILES string of the molecule is COCCOCCCOC(=O)c1ccc(C)cc1F. The molecular weight excluding hydrogens is 251 g/mol. The van der Waals surface area contributed by atoms with Gasteiger partial charge in [0.2, 0.25) is 0 Å². The number of hydrogen-bond acceptors (Lipinski definition) is 4. The van der Waals surface area contributed by atoms with Gasteiger partial charge in [-0.2, -0.15) is 0 Å². The number of hydrogen-bond donors (Lipinski definition) is 0. The molecular formula is C14H19FO4. The lowest BCUT2D eigenvalue weighted by Crippen LogP contribution is -2.11. The van der Waals surface area contributed by atoms with E-state index in [1.165, 1.54) is 12.1 Å². The Hall–Kier alpha value is -1.46. The Morgan fingerprint density at radius 1 is 1.21 bits per heavy atom. The molecule has 5 heteroatoms. The molecule has 0 aliphatic carbocycles. The molecule has 0 saturated heterocycles. The van der Waals surface area contributed by atoms with Crippen molar-refractivity contribution < 1.29 is 23.4 Å². The van der Waals surface area contributed by atoms with Crippen molar-refractivity contribution in [2.24, 2.45) is 0 Å². The molecule has 0 atom stereocenters. The van der Waals surface area contributed by atoms with E-state index >= 15 is 0 Å². The maximum atomic E-state index is 13.5. The molecule has 0 amide bonds. The fraction of sp³-hybridized carbons (Fsp3) is 0.500. The van der Waals surface area contributed by atoms with E-state index in [1.54, 1.807) is 20.1 Å². The molecule has 4 nitrogen and oxygen atoms in total. The highest BCUT2D eigenvalue weighted by Gasteiger charge is 2.12.